The fourth-order valence-electron chi connectivity index (χ4n) is 1.57. The Bertz CT molecular complexity index is 608. The summed E-state index contributed by atoms with van der Waals surface area (Å²) in [4.78, 5) is 17.0. The Morgan fingerprint density at radius 1 is 1.37 bits per heavy atom. The summed E-state index contributed by atoms with van der Waals surface area (Å²) in [6.07, 6.45) is 2.10. The zero-order valence-corrected chi connectivity index (χ0v) is 10.3. The van der Waals surface area contributed by atoms with Crippen molar-refractivity contribution in [2.45, 2.75) is 13.3 Å². The van der Waals surface area contributed by atoms with E-state index in [1.54, 1.807) is 30.3 Å². The van der Waals surface area contributed by atoms with Crippen molar-refractivity contribution in [1.82, 2.24) is 5.48 Å². The molecule has 5 nitrogen and oxygen atoms in total. The number of carbonyl (C=O) groups is 1. The van der Waals surface area contributed by atoms with E-state index in [0.717, 1.165) is 0 Å². The summed E-state index contributed by atoms with van der Waals surface area (Å²) < 4.78 is 5.16. The minimum atomic E-state index is -0.366. The van der Waals surface area contributed by atoms with E-state index in [1.165, 1.54) is 6.26 Å². The summed E-state index contributed by atoms with van der Waals surface area (Å²) in [5.41, 5.74) is 3.32. The van der Waals surface area contributed by atoms with E-state index in [1.807, 2.05) is 13.0 Å². The van der Waals surface area contributed by atoms with Crippen molar-refractivity contribution in [3.8, 4) is 11.8 Å². The predicted octanol–water partition coefficient (Wildman–Crippen LogP) is 2.44. The molecular weight excluding hydrogens is 244 g/mol. The third-order valence-electron chi connectivity index (χ3n) is 2.56. The van der Waals surface area contributed by atoms with Crippen LogP contribution in [0, 0.1) is 11.3 Å². The minimum absolute atomic E-state index is 0.366. The normalized spacial score (nSPS) is 9.68. The Morgan fingerprint density at radius 3 is 2.74 bits per heavy atom. The van der Waals surface area contributed by atoms with Gasteiger partial charge >= 0.3 is 0 Å². The summed E-state index contributed by atoms with van der Waals surface area (Å²) in [7, 11) is 0. The maximum atomic E-state index is 11.8. The Balaban J connectivity index is 1.98. The molecule has 1 heterocycles. The molecule has 2 aromatic rings. The number of hydrogen-bond donors (Lipinski definition) is 1. The van der Waals surface area contributed by atoms with Gasteiger partial charge in [0.25, 0.3) is 5.91 Å². The summed E-state index contributed by atoms with van der Waals surface area (Å²) in [5.74, 6) is 0.699. The molecule has 5 heteroatoms. The lowest BCUT2D eigenvalue weighted by Crippen LogP contribution is -2.27. The number of nitrogens with zero attached hydrogens (tertiary/aromatic N) is 1. The first-order valence-corrected chi connectivity index (χ1v) is 5.78. The van der Waals surface area contributed by atoms with Crippen LogP contribution in [0.5, 0.6) is 5.75 Å². The van der Waals surface area contributed by atoms with Crippen molar-refractivity contribution in [2.24, 2.45) is 0 Å². The van der Waals surface area contributed by atoms with Gasteiger partial charge in [0, 0.05) is 6.42 Å². The number of rotatable bonds is 4. The van der Waals surface area contributed by atoms with Crippen LogP contribution in [0.25, 0.3) is 0 Å². The van der Waals surface area contributed by atoms with Crippen molar-refractivity contribution in [3.63, 3.8) is 0 Å². The van der Waals surface area contributed by atoms with Crippen LogP contribution in [0.2, 0.25) is 0 Å². The van der Waals surface area contributed by atoms with Crippen LogP contribution in [-0.4, -0.2) is 5.91 Å². The minimum Gasteiger partial charge on any atom is -0.469 e. The number of benzene rings is 1. The molecule has 1 amide bonds. The Kier molecular flexibility index (Phi) is 3.84. The van der Waals surface area contributed by atoms with Crippen LogP contribution in [0.15, 0.2) is 41.0 Å². The molecule has 0 saturated heterocycles. The van der Waals surface area contributed by atoms with Crippen LogP contribution >= 0.6 is 0 Å². The van der Waals surface area contributed by atoms with Gasteiger partial charge in [-0.25, -0.2) is 0 Å². The van der Waals surface area contributed by atoms with Crippen molar-refractivity contribution in [2.75, 3.05) is 0 Å². The van der Waals surface area contributed by atoms with Crippen molar-refractivity contribution in [3.05, 3.63) is 53.5 Å². The first kappa shape index (κ1) is 12.7. The average molecular weight is 256 g/mol. The number of amides is 1. The number of hydroxylamine groups is 1. The second-order valence-corrected chi connectivity index (χ2v) is 3.78. The highest BCUT2D eigenvalue weighted by Gasteiger charge is 2.13. The highest BCUT2D eigenvalue weighted by Crippen LogP contribution is 2.13. The molecule has 0 unspecified atom stereocenters. The summed E-state index contributed by atoms with van der Waals surface area (Å²) in [6, 6.07) is 10.0. The van der Waals surface area contributed by atoms with Gasteiger partial charge < -0.3 is 9.25 Å². The van der Waals surface area contributed by atoms with Crippen LogP contribution in [-0.2, 0) is 6.42 Å². The molecule has 1 N–H and O–H groups in total. The van der Waals surface area contributed by atoms with Gasteiger partial charge in [-0.05, 0) is 30.3 Å². The molecule has 96 valence electrons. The number of aryl methyl sites for hydroxylation is 1. The average Bonchev–Trinajstić information content (AvgIpc) is 2.93. The first-order valence-electron chi connectivity index (χ1n) is 5.78. The lowest BCUT2D eigenvalue weighted by Gasteiger charge is -2.06. The third-order valence-corrected chi connectivity index (χ3v) is 2.56. The van der Waals surface area contributed by atoms with Gasteiger partial charge in [0.2, 0.25) is 0 Å². The van der Waals surface area contributed by atoms with Crippen molar-refractivity contribution in [1.29, 1.82) is 5.26 Å². The largest absolute Gasteiger partial charge is 0.469 e. The van der Waals surface area contributed by atoms with Crippen LogP contribution in [0.3, 0.4) is 0 Å². The van der Waals surface area contributed by atoms with E-state index in [4.69, 9.17) is 14.5 Å². The number of nitriles is 1. The second-order valence-electron chi connectivity index (χ2n) is 3.78. The van der Waals surface area contributed by atoms with Gasteiger partial charge in [0.05, 0.1) is 23.5 Å². The first-order chi connectivity index (χ1) is 9.24. The van der Waals surface area contributed by atoms with Crippen molar-refractivity contribution >= 4 is 5.91 Å². The molecule has 19 heavy (non-hydrogen) atoms. The van der Waals surface area contributed by atoms with Gasteiger partial charge in [0.15, 0.2) is 5.75 Å². The fraction of sp³-hybridized carbons (Fsp3) is 0.143. The Morgan fingerprint density at radius 2 is 2.11 bits per heavy atom. The lowest BCUT2D eigenvalue weighted by molar-refractivity contribution is 0.0758. The van der Waals surface area contributed by atoms with Crippen LogP contribution in [0.4, 0.5) is 0 Å². The zero-order valence-electron chi connectivity index (χ0n) is 10.3. The molecule has 0 aliphatic heterocycles. The van der Waals surface area contributed by atoms with E-state index >= 15 is 0 Å². The highest BCUT2D eigenvalue weighted by molar-refractivity contribution is 5.94. The smallest absolute Gasteiger partial charge is 0.287 e. The van der Waals surface area contributed by atoms with Gasteiger partial charge in [-0.1, -0.05) is 6.92 Å². The maximum absolute atomic E-state index is 11.8. The quantitative estimate of drug-likeness (QED) is 0.852. The summed E-state index contributed by atoms with van der Waals surface area (Å²) in [5, 5.41) is 8.66. The number of carbonyl (C=O) groups excluding carboxylic acids is 1. The predicted molar refractivity (Wildman–Crippen MR) is 67.3 cm³/mol. The van der Waals surface area contributed by atoms with Gasteiger partial charge in [-0.15, -0.1) is 0 Å². The van der Waals surface area contributed by atoms with E-state index in [9.17, 15) is 4.79 Å². The Hall–Kier alpha value is -2.74. The van der Waals surface area contributed by atoms with E-state index in [2.05, 4.69) is 5.48 Å². The molecule has 0 aliphatic rings. The zero-order chi connectivity index (χ0) is 13.7. The van der Waals surface area contributed by atoms with Crippen LogP contribution in [0.1, 0.15) is 28.6 Å². The molecule has 1 aromatic heterocycles. The second kappa shape index (κ2) is 5.74. The number of nitrogens with one attached hydrogen (secondary N) is 1. The van der Waals surface area contributed by atoms with Crippen LogP contribution < -0.4 is 10.3 Å². The molecule has 0 fully saturated rings. The molecule has 0 aliphatic carbocycles. The van der Waals surface area contributed by atoms with E-state index < -0.39 is 0 Å². The standard InChI is InChI=1S/C14H12N2O3/c1-2-13-12(7-8-18-13)14(17)16-19-11-5-3-10(9-15)4-6-11/h3-8H,2H2,1H3,(H,16,17). The highest BCUT2D eigenvalue weighted by atomic mass is 16.7. The molecule has 2 rings (SSSR count). The molecule has 0 atom stereocenters. The van der Waals surface area contributed by atoms with Crippen molar-refractivity contribution < 1.29 is 14.0 Å². The van der Waals surface area contributed by atoms with E-state index in [-0.39, 0.29) is 5.91 Å². The summed E-state index contributed by atoms with van der Waals surface area (Å²) in [6.45, 7) is 1.90. The lowest BCUT2D eigenvalue weighted by atomic mass is 10.2. The maximum Gasteiger partial charge on any atom is 0.287 e. The number of hydrogen-bond acceptors (Lipinski definition) is 4. The number of furan rings is 1. The van der Waals surface area contributed by atoms with Gasteiger partial charge in [-0.2, -0.15) is 10.7 Å². The molecule has 0 spiro atoms. The SMILES string of the molecule is CCc1occc1C(=O)NOc1ccc(C#N)cc1. The topological polar surface area (TPSA) is 75.3 Å². The van der Waals surface area contributed by atoms with Gasteiger partial charge in [0.1, 0.15) is 5.76 Å². The molecule has 0 radical (unpaired) electrons. The Labute approximate surface area is 110 Å². The molecular formula is C14H12N2O3. The molecule has 0 bridgehead atoms. The molecule has 0 saturated carbocycles. The van der Waals surface area contributed by atoms with Gasteiger partial charge in [-0.3, -0.25) is 4.79 Å². The summed E-state index contributed by atoms with van der Waals surface area (Å²) >= 11 is 0. The monoisotopic (exact) mass is 256 g/mol. The third kappa shape index (κ3) is 2.93. The molecule has 1 aromatic carbocycles. The van der Waals surface area contributed by atoms with E-state index in [0.29, 0.717) is 29.1 Å². The fourth-order valence-corrected chi connectivity index (χ4v) is 1.57.